The van der Waals surface area contributed by atoms with Gasteiger partial charge in [-0.25, -0.2) is 4.98 Å². The Bertz CT molecular complexity index is 629. The van der Waals surface area contributed by atoms with E-state index in [0.717, 1.165) is 36.5 Å². The van der Waals surface area contributed by atoms with Crippen LogP contribution in [0.2, 0.25) is 0 Å². The van der Waals surface area contributed by atoms with E-state index < -0.39 is 0 Å². The number of rotatable bonds is 5. The summed E-state index contributed by atoms with van der Waals surface area (Å²) in [5, 5.41) is 7.14. The number of imidazole rings is 1. The first-order valence-electron chi connectivity index (χ1n) is 7.96. The predicted octanol–water partition coefficient (Wildman–Crippen LogP) is 1.65. The van der Waals surface area contributed by atoms with Crippen LogP contribution in [0, 0.1) is 5.92 Å². The van der Waals surface area contributed by atoms with Crippen molar-refractivity contribution in [3.63, 3.8) is 0 Å². The summed E-state index contributed by atoms with van der Waals surface area (Å²) in [7, 11) is 0. The van der Waals surface area contributed by atoms with Gasteiger partial charge in [0.15, 0.2) is 0 Å². The van der Waals surface area contributed by atoms with Crippen LogP contribution < -0.4 is 5.32 Å². The number of carbonyl (C=O) groups excluding carboxylic acids is 1. The lowest BCUT2D eigenvalue weighted by Gasteiger charge is -2.20. The Balaban J connectivity index is 1.53. The third-order valence-corrected chi connectivity index (χ3v) is 4.18. The molecule has 22 heavy (non-hydrogen) atoms. The Kier molecular flexibility index (Phi) is 4.27. The zero-order valence-corrected chi connectivity index (χ0v) is 13.2. The van der Waals surface area contributed by atoms with Crippen molar-refractivity contribution in [3.05, 3.63) is 35.7 Å². The van der Waals surface area contributed by atoms with Gasteiger partial charge >= 0.3 is 0 Å². The molecule has 1 aliphatic carbocycles. The lowest BCUT2D eigenvalue weighted by Crippen LogP contribution is -2.35. The van der Waals surface area contributed by atoms with Crippen molar-refractivity contribution in [1.82, 2.24) is 25.1 Å². The van der Waals surface area contributed by atoms with Crippen molar-refractivity contribution in [1.29, 1.82) is 0 Å². The molecule has 3 rings (SSSR count). The Hall–Kier alpha value is -2.11. The van der Waals surface area contributed by atoms with Crippen molar-refractivity contribution >= 4 is 5.91 Å². The highest BCUT2D eigenvalue weighted by atomic mass is 16.1. The SMILES string of the molecule is CC(C)c1nc2c([nH]1)CC(C(=O)NCCn1cccn1)CC2. The first-order valence-corrected chi connectivity index (χ1v) is 7.96. The van der Waals surface area contributed by atoms with Gasteiger partial charge in [0, 0.05) is 42.9 Å². The zero-order chi connectivity index (χ0) is 15.5. The number of nitrogens with zero attached hydrogens (tertiary/aromatic N) is 3. The summed E-state index contributed by atoms with van der Waals surface area (Å²) in [5.41, 5.74) is 2.28. The van der Waals surface area contributed by atoms with Crippen LogP contribution in [0.5, 0.6) is 0 Å². The predicted molar refractivity (Wildman–Crippen MR) is 83.4 cm³/mol. The minimum absolute atomic E-state index is 0.0468. The Morgan fingerprint density at radius 3 is 3.14 bits per heavy atom. The van der Waals surface area contributed by atoms with E-state index in [1.165, 1.54) is 0 Å². The van der Waals surface area contributed by atoms with E-state index in [4.69, 9.17) is 0 Å². The Morgan fingerprint density at radius 2 is 2.41 bits per heavy atom. The molecule has 0 radical (unpaired) electrons. The minimum atomic E-state index is 0.0468. The summed E-state index contributed by atoms with van der Waals surface area (Å²) < 4.78 is 1.82. The van der Waals surface area contributed by atoms with Crippen molar-refractivity contribution in [2.75, 3.05) is 6.54 Å². The smallest absolute Gasteiger partial charge is 0.223 e. The van der Waals surface area contributed by atoms with E-state index in [0.29, 0.717) is 19.0 Å². The van der Waals surface area contributed by atoms with Gasteiger partial charge in [0.2, 0.25) is 5.91 Å². The van der Waals surface area contributed by atoms with Crippen LogP contribution in [0.1, 0.15) is 43.4 Å². The maximum atomic E-state index is 12.3. The lowest BCUT2D eigenvalue weighted by atomic mass is 9.89. The van der Waals surface area contributed by atoms with Gasteiger partial charge in [-0.3, -0.25) is 9.48 Å². The fourth-order valence-electron chi connectivity index (χ4n) is 2.87. The molecule has 0 spiro atoms. The monoisotopic (exact) mass is 301 g/mol. The van der Waals surface area contributed by atoms with Crippen molar-refractivity contribution in [2.45, 2.75) is 45.6 Å². The summed E-state index contributed by atoms with van der Waals surface area (Å²) in [6, 6.07) is 1.88. The maximum Gasteiger partial charge on any atom is 0.223 e. The molecule has 0 saturated carbocycles. The molecule has 6 nitrogen and oxygen atoms in total. The van der Waals surface area contributed by atoms with Crippen LogP contribution in [0.15, 0.2) is 18.5 Å². The number of aryl methyl sites for hydroxylation is 1. The van der Waals surface area contributed by atoms with Crippen LogP contribution in [-0.4, -0.2) is 32.2 Å². The fourth-order valence-corrected chi connectivity index (χ4v) is 2.87. The molecule has 2 aromatic heterocycles. The maximum absolute atomic E-state index is 12.3. The number of carbonyl (C=O) groups is 1. The number of H-pyrrole nitrogens is 1. The number of aromatic nitrogens is 4. The molecule has 1 atom stereocenters. The number of aromatic amines is 1. The van der Waals surface area contributed by atoms with E-state index in [2.05, 4.69) is 34.2 Å². The second kappa shape index (κ2) is 6.34. The first kappa shape index (κ1) is 14.8. The molecule has 1 unspecified atom stereocenters. The third kappa shape index (κ3) is 3.21. The second-order valence-electron chi connectivity index (χ2n) is 6.20. The van der Waals surface area contributed by atoms with Gasteiger partial charge < -0.3 is 10.3 Å². The molecule has 0 bridgehead atoms. The van der Waals surface area contributed by atoms with Crippen LogP contribution in [0.4, 0.5) is 0 Å². The molecule has 2 N–H and O–H groups in total. The van der Waals surface area contributed by atoms with E-state index >= 15 is 0 Å². The van der Waals surface area contributed by atoms with Crippen LogP contribution in [-0.2, 0) is 24.2 Å². The van der Waals surface area contributed by atoms with E-state index in [1.807, 2.05) is 16.9 Å². The van der Waals surface area contributed by atoms with Crippen LogP contribution in [0.25, 0.3) is 0 Å². The topological polar surface area (TPSA) is 75.6 Å². The molecule has 0 fully saturated rings. The highest BCUT2D eigenvalue weighted by Gasteiger charge is 2.27. The average Bonchev–Trinajstić information content (AvgIpc) is 3.15. The van der Waals surface area contributed by atoms with E-state index in [-0.39, 0.29) is 11.8 Å². The molecule has 2 heterocycles. The van der Waals surface area contributed by atoms with Crippen molar-refractivity contribution in [3.8, 4) is 0 Å². The fraction of sp³-hybridized carbons (Fsp3) is 0.562. The van der Waals surface area contributed by atoms with Crippen molar-refractivity contribution in [2.24, 2.45) is 5.92 Å². The number of hydrogen-bond acceptors (Lipinski definition) is 3. The third-order valence-electron chi connectivity index (χ3n) is 4.18. The Labute approximate surface area is 130 Å². The normalized spacial score (nSPS) is 17.5. The standard InChI is InChI=1S/C16H23N5O/c1-11(2)15-19-13-5-4-12(10-14(13)20-15)16(22)17-7-9-21-8-3-6-18-21/h3,6,8,11-12H,4-5,7,9-10H2,1-2H3,(H,17,22)(H,19,20). The van der Waals surface area contributed by atoms with Gasteiger partial charge in [-0.2, -0.15) is 5.10 Å². The molecule has 0 aliphatic heterocycles. The van der Waals surface area contributed by atoms with E-state index in [9.17, 15) is 4.79 Å². The average molecular weight is 301 g/mol. The molecular weight excluding hydrogens is 278 g/mol. The Morgan fingerprint density at radius 1 is 1.55 bits per heavy atom. The molecular formula is C16H23N5O. The van der Waals surface area contributed by atoms with Crippen LogP contribution in [0.3, 0.4) is 0 Å². The molecule has 0 aromatic carbocycles. The number of fused-ring (bicyclic) bond motifs is 1. The number of amides is 1. The molecule has 118 valence electrons. The zero-order valence-electron chi connectivity index (χ0n) is 13.2. The van der Waals surface area contributed by atoms with E-state index in [1.54, 1.807) is 6.20 Å². The lowest BCUT2D eigenvalue weighted by molar-refractivity contribution is -0.125. The summed E-state index contributed by atoms with van der Waals surface area (Å²) in [5.74, 6) is 1.61. The minimum Gasteiger partial charge on any atom is -0.354 e. The van der Waals surface area contributed by atoms with Gasteiger partial charge in [0.25, 0.3) is 0 Å². The number of hydrogen-bond donors (Lipinski definition) is 2. The summed E-state index contributed by atoms with van der Waals surface area (Å²) in [4.78, 5) is 20.3. The van der Waals surface area contributed by atoms with Gasteiger partial charge in [-0.05, 0) is 18.9 Å². The van der Waals surface area contributed by atoms with Gasteiger partial charge in [0.05, 0.1) is 12.2 Å². The van der Waals surface area contributed by atoms with Crippen LogP contribution >= 0.6 is 0 Å². The summed E-state index contributed by atoms with van der Waals surface area (Å²) >= 11 is 0. The molecule has 1 amide bonds. The van der Waals surface area contributed by atoms with Gasteiger partial charge in [0.1, 0.15) is 5.82 Å². The molecule has 2 aromatic rings. The first-order chi connectivity index (χ1) is 10.6. The summed E-state index contributed by atoms with van der Waals surface area (Å²) in [6.07, 6.45) is 6.17. The second-order valence-corrected chi connectivity index (χ2v) is 6.20. The van der Waals surface area contributed by atoms with Crippen molar-refractivity contribution < 1.29 is 4.79 Å². The highest BCUT2D eigenvalue weighted by molar-refractivity contribution is 5.79. The molecule has 0 saturated heterocycles. The quantitative estimate of drug-likeness (QED) is 0.881. The molecule has 6 heteroatoms. The largest absolute Gasteiger partial charge is 0.354 e. The highest BCUT2D eigenvalue weighted by Crippen LogP contribution is 2.25. The summed E-state index contributed by atoms with van der Waals surface area (Å²) in [6.45, 7) is 5.58. The van der Waals surface area contributed by atoms with Gasteiger partial charge in [-0.1, -0.05) is 13.8 Å². The van der Waals surface area contributed by atoms with Gasteiger partial charge in [-0.15, -0.1) is 0 Å². The number of nitrogens with one attached hydrogen (secondary N) is 2. The molecule has 1 aliphatic rings.